The number of carbonyl (C=O) groups excluding carboxylic acids is 5. The lowest BCUT2D eigenvalue weighted by atomic mass is 10.1. The number of nitrogens with two attached hydrogens (primary N) is 1. The molecule has 0 aromatic carbocycles. The number of Topliss-reactive ketones (excluding diaryl/α,β-unsaturated/α-hetero) is 1. The smallest absolute Gasteiger partial charge is 0.290 e. The zero-order chi connectivity index (χ0) is 23.9. The number of likely N-dealkylation sites (tertiary alicyclic amines) is 1. The summed E-state index contributed by atoms with van der Waals surface area (Å²) in [5, 5.41) is 7.31. The summed E-state index contributed by atoms with van der Waals surface area (Å²) in [7, 11) is 1.91. The zero-order valence-electron chi connectivity index (χ0n) is 18.8. The van der Waals surface area contributed by atoms with E-state index >= 15 is 0 Å². The van der Waals surface area contributed by atoms with E-state index in [2.05, 4.69) is 16.0 Å². The third kappa shape index (κ3) is 7.11. The van der Waals surface area contributed by atoms with Crippen molar-refractivity contribution < 1.29 is 24.0 Å². The van der Waals surface area contributed by atoms with Gasteiger partial charge in [0, 0.05) is 6.54 Å². The Morgan fingerprint density at radius 1 is 1.16 bits per heavy atom. The molecule has 5 N–H and O–H groups in total. The minimum absolute atomic E-state index is 0.00601. The fraction of sp³-hybridized carbons (Fsp3) is 0.750. The third-order valence-electron chi connectivity index (χ3n) is 5.50. The molecule has 1 spiro atoms. The number of hydrogen-bond donors (Lipinski definition) is 4. The Labute approximate surface area is 196 Å². The summed E-state index contributed by atoms with van der Waals surface area (Å²) < 4.78 is 0.00601. The Bertz CT molecular complexity index is 744. The predicted molar refractivity (Wildman–Crippen MR) is 125 cm³/mol. The highest BCUT2D eigenvalue weighted by Crippen LogP contribution is 2.49. The van der Waals surface area contributed by atoms with Crippen molar-refractivity contribution in [2.24, 2.45) is 5.73 Å². The van der Waals surface area contributed by atoms with Gasteiger partial charge in [-0.2, -0.15) is 0 Å². The fourth-order valence-corrected chi connectivity index (χ4v) is 7.20. The molecule has 32 heavy (non-hydrogen) atoms. The molecule has 0 aromatic heterocycles. The van der Waals surface area contributed by atoms with Crippen LogP contribution in [0.3, 0.4) is 0 Å². The second-order valence-electron chi connectivity index (χ2n) is 8.18. The number of carbonyl (C=O) groups is 5. The van der Waals surface area contributed by atoms with Crippen molar-refractivity contribution in [1.29, 1.82) is 0 Å². The summed E-state index contributed by atoms with van der Waals surface area (Å²) in [4.78, 5) is 62.7. The molecular formula is C20H33N5O5S2. The minimum Gasteiger partial charge on any atom is -0.368 e. The molecule has 2 heterocycles. The lowest BCUT2D eigenvalue weighted by Crippen LogP contribution is -2.53. The molecule has 3 atom stereocenters. The van der Waals surface area contributed by atoms with Gasteiger partial charge in [-0.3, -0.25) is 28.9 Å². The van der Waals surface area contributed by atoms with E-state index in [-0.39, 0.29) is 16.0 Å². The number of likely N-dealkylation sites (N-methyl/N-ethyl adjacent to an activating group) is 1. The number of thioether (sulfide) groups is 2. The van der Waals surface area contributed by atoms with Crippen LogP contribution in [0.15, 0.2) is 0 Å². The highest BCUT2D eigenvalue weighted by Gasteiger charge is 2.47. The summed E-state index contributed by atoms with van der Waals surface area (Å²) in [6, 6.07) is -2.21. The van der Waals surface area contributed by atoms with Crippen LogP contribution in [-0.2, 0) is 24.0 Å². The number of nitrogens with one attached hydrogen (secondary N) is 3. The molecule has 2 rings (SSSR count). The normalized spacial score (nSPS) is 22.0. The summed E-state index contributed by atoms with van der Waals surface area (Å²) >= 11 is 3.79. The van der Waals surface area contributed by atoms with Crippen LogP contribution in [0.5, 0.6) is 0 Å². The van der Waals surface area contributed by atoms with E-state index in [1.807, 2.05) is 42.4 Å². The quantitative estimate of drug-likeness (QED) is 0.293. The number of ketones is 1. The second kappa shape index (κ2) is 11.9. The van der Waals surface area contributed by atoms with E-state index in [4.69, 9.17) is 5.73 Å². The Kier molecular flexibility index (Phi) is 9.83. The van der Waals surface area contributed by atoms with Crippen molar-refractivity contribution >= 4 is 52.9 Å². The number of hydrogen-bond acceptors (Lipinski definition) is 8. The second-order valence-corrected chi connectivity index (χ2v) is 11.4. The number of rotatable bonds is 10. The molecule has 4 amide bonds. The zero-order valence-corrected chi connectivity index (χ0v) is 20.4. The highest BCUT2D eigenvalue weighted by molar-refractivity contribution is 8.18. The number of amides is 4. The molecule has 2 unspecified atom stereocenters. The van der Waals surface area contributed by atoms with Crippen molar-refractivity contribution in [2.45, 2.75) is 61.7 Å². The first-order valence-corrected chi connectivity index (χ1v) is 12.7. The van der Waals surface area contributed by atoms with Crippen LogP contribution in [0.1, 0.15) is 39.5 Å². The van der Waals surface area contributed by atoms with Gasteiger partial charge in [-0.25, -0.2) is 0 Å². The fourth-order valence-electron chi connectivity index (χ4n) is 3.72. The van der Waals surface area contributed by atoms with E-state index in [1.54, 1.807) is 0 Å². The highest BCUT2D eigenvalue weighted by atomic mass is 32.2. The maximum absolute atomic E-state index is 13.0. The largest absolute Gasteiger partial charge is 0.368 e. The Hall–Kier alpha value is -1.79. The average Bonchev–Trinajstić information content (AvgIpc) is 3.06. The minimum atomic E-state index is -0.961. The van der Waals surface area contributed by atoms with Crippen LogP contribution in [0.2, 0.25) is 0 Å². The van der Waals surface area contributed by atoms with Crippen LogP contribution in [0, 0.1) is 0 Å². The van der Waals surface area contributed by atoms with Crippen molar-refractivity contribution in [3.63, 3.8) is 0 Å². The first-order valence-electron chi connectivity index (χ1n) is 10.8. The van der Waals surface area contributed by atoms with Crippen molar-refractivity contribution in [1.82, 2.24) is 20.9 Å². The van der Waals surface area contributed by atoms with Gasteiger partial charge in [0.1, 0.15) is 6.04 Å². The standard InChI is InChI=1S/C20H33N5O5S2/c1-4-6-13(16(27)19(30)22-10-15(26)23-12(2)17(21)28)24-18(29)14-9-20(11-25(14)3)31-7-5-8-32-20/h12-14H,4-11H2,1-3H3,(H2,21,28)(H,22,30)(H,23,26)(H,24,29)/t12-,13?,14?/m0/s1. The van der Waals surface area contributed by atoms with Crippen molar-refractivity contribution in [3.8, 4) is 0 Å². The first-order chi connectivity index (χ1) is 15.1. The molecule has 0 aliphatic carbocycles. The van der Waals surface area contributed by atoms with Gasteiger partial charge < -0.3 is 21.7 Å². The maximum atomic E-state index is 13.0. The summed E-state index contributed by atoms with van der Waals surface area (Å²) in [5.41, 5.74) is 5.07. The average molecular weight is 488 g/mol. The van der Waals surface area contributed by atoms with Gasteiger partial charge in [-0.05, 0) is 44.7 Å². The number of nitrogens with zero attached hydrogens (tertiary/aromatic N) is 1. The van der Waals surface area contributed by atoms with E-state index in [9.17, 15) is 24.0 Å². The van der Waals surface area contributed by atoms with Crippen LogP contribution in [0.25, 0.3) is 0 Å². The monoisotopic (exact) mass is 487 g/mol. The SMILES string of the molecule is CCCC(NC(=O)C1CC2(CN1C)SCCCS2)C(=O)C(=O)NCC(=O)N[C@@H](C)C(N)=O. The molecule has 2 aliphatic rings. The molecule has 0 saturated carbocycles. The van der Waals surface area contributed by atoms with Crippen LogP contribution in [-0.4, -0.2) is 88.2 Å². The maximum Gasteiger partial charge on any atom is 0.290 e. The van der Waals surface area contributed by atoms with Gasteiger partial charge in [-0.15, -0.1) is 23.5 Å². The molecule has 2 aliphatic heterocycles. The molecule has 180 valence electrons. The molecule has 10 nitrogen and oxygen atoms in total. The van der Waals surface area contributed by atoms with Crippen LogP contribution >= 0.6 is 23.5 Å². The van der Waals surface area contributed by atoms with E-state index in [0.29, 0.717) is 19.3 Å². The van der Waals surface area contributed by atoms with Gasteiger partial charge in [0.15, 0.2) is 0 Å². The third-order valence-corrected chi connectivity index (χ3v) is 8.83. The molecule has 2 saturated heterocycles. The molecule has 12 heteroatoms. The number of primary amides is 1. The Morgan fingerprint density at radius 3 is 2.41 bits per heavy atom. The Balaban J connectivity index is 1.91. The summed E-state index contributed by atoms with van der Waals surface area (Å²) in [6.07, 6.45) is 2.77. The van der Waals surface area contributed by atoms with Crippen molar-refractivity contribution in [2.75, 3.05) is 31.6 Å². The molecule has 0 radical (unpaired) electrons. The van der Waals surface area contributed by atoms with Gasteiger partial charge in [0.2, 0.25) is 23.5 Å². The van der Waals surface area contributed by atoms with E-state index in [0.717, 1.165) is 18.1 Å². The van der Waals surface area contributed by atoms with Crippen molar-refractivity contribution in [3.05, 3.63) is 0 Å². The lowest BCUT2D eigenvalue weighted by molar-refractivity contribution is -0.141. The topological polar surface area (TPSA) is 151 Å². The lowest BCUT2D eigenvalue weighted by Gasteiger charge is -2.31. The summed E-state index contributed by atoms with van der Waals surface area (Å²) in [5.74, 6) is -1.21. The van der Waals surface area contributed by atoms with E-state index in [1.165, 1.54) is 13.3 Å². The van der Waals surface area contributed by atoms with Gasteiger partial charge in [-0.1, -0.05) is 13.3 Å². The van der Waals surface area contributed by atoms with Gasteiger partial charge >= 0.3 is 0 Å². The van der Waals surface area contributed by atoms with E-state index < -0.39 is 42.1 Å². The molecular weight excluding hydrogens is 454 g/mol. The van der Waals surface area contributed by atoms with Crippen LogP contribution in [0.4, 0.5) is 0 Å². The summed E-state index contributed by atoms with van der Waals surface area (Å²) in [6.45, 7) is 3.59. The van der Waals surface area contributed by atoms with Gasteiger partial charge in [0.25, 0.3) is 5.91 Å². The first kappa shape index (κ1) is 26.5. The van der Waals surface area contributed by atoms with Gasteiger partial charge in [0.05, 0.1) is 22.7 Å². The molecule has 2 fully saturated rings. The molecule has 0 aromatic rings. The Morgan fingerprint density at radius 2 is 1.81 bits per heavy atom. The predicted octanol–water partition coefficient (Wildman–Crippen LogP) is -0.783. The molecule has 0 bridgehead atoms. The van der Waals surface area contributed by atoms with Crippen LogP contribution < -0.4 is 21.7 Å².